The van der Waals surface area contributed by atoms with E-state index in [9.17, 15) is 0 Å². The van der Waals surface area contributed by atoms with Gasteiger partial charge in [-0.2, -0.15) is 5.10 Å². The van der Waals surface area contributed by atoms with Crippen LogP contribution in [0.2, 0.25) is 0 Å². The highest BCUT2D eigenvalue weighted by Gasteiger charge is 2.26. The fourth-order valence-corrected chi connectivity index (χ4v) is 1.98. The molecule has 0 amide bonds. The third-order valence-corrected chi connectivity index (χ3v) is 2.74. The van der Waals surface area contributed by atoms with Crippen LogP contribution < -0.4 is 5.73 Å². The molecule has 1 aliphatic rings. The molecule has 1 unspecified atom stereocenters. The molecule has 0 spiro atoms. The normalized spacial score (nSPS) is 23.2. The highest BCUT2D eigenvalue weighted by Crippen LogP contribution is 2.25. The summed E-state index contributed by atoms with van der Waals surface area (Å²) >= 11 is 0. The molecule has 2 heterocycles. The molecule has 2 rings (SSSR count). The van der Waals surface area contributed by atoms with E-state index in [1.165, 1.54) is 11.3 Å². The SMILES string of the molecule is CN1CCc2cn(C)nc2C1CN. The van der Waals surface area contributed by atoms with Crippen LogP contribution in [0.15, 0.2) is 6.20 Å². The molecule has 4 heteroatoms. The fraction of sp³-hybridized carbons (Fsp3) is 0.667. The highest BCUT2D eigenvalue weighted by molar-refractivity contribution is 5.24. The second kappa shape index (κ2) is 3.12. The van der Waals surface area contributed by atoms with Crippen LogP contribution in [0, 0.1) is 0 Å². The van der Waals surface area contributed by atoms with Crippen LogP contribution in [0.4, 0.5) is 0 Å². The molecule has 0 bridgehead atoms. The van der Waals surface area contributed by atoms with Gasteiger partial charge in [-0.25, -0.2) is 0 Å². The summed E-state index contributed by atoms with van der Waals surface area (Å²) in [6, 6.07) is 0.310. The first-order chi connectivity index (χ1) is 6.22. The molecule has 1 aromatic rings. The van der Waals surface area contributed by atoms with Crippen molar-refractivity contribution in [2.24, 2.45) is 12.8 Å². The second-order valence-corrected chi connectivity index (χ2v) is 3.70. The van der Waals surface area contributed by atoms with E-state index < -0.39 is 0 Å². The molecule has 1 atom stereocenters. The Balaban J connectivity index is 2.38. The van der Waals surface area contributed by atoms with Gasteiger partial charge in [0, 0.05) is 26.3 Å². The molecule has 0 saturated heterocycles. The lowest BCUT2D eigenvalue weighted by Crippen LogP contribution is -2.36. The van der Waals surface area contributed by atoms with Gasteiger partial charge < -0.3 is 5.73 Å². The quantitative estimate of drug-likeness (QED) is 0.657. The number of fused-ring (bicyclic) bond motifs is 1. The summed E-state index contributed by atoms with van der Waals surface area (Å²) in [6.07, 6.45) is 3.20. The van der Waals surface area contributed by atoms with E-state index in [1.54, 1.807) is 0 Å². The van der Waals surface area contributed by atoms with Crippen molar-refractivity contribution in [1.82, 2.24) is 14.7 Å². The van der Waals surface area contributed by atoms with E-state index in [4.69, 9.17) is 5.73 Å². The summed E-state index contributed by atoms with van der Waals surface area (Å²) in [5, 5.41) is 4.45. The Hall–Kier alpha value is -0.870. The average molecular weight is 180 g/mol. The van der Waals surface area contributed by atoms with Crippen molar-refractivity contribution >= 4 is 0 Å². The number of likely N-dealkylation sites (N-methyl/N-ethyl adjacent to an activating group) is 1. The molecule has 4 nitrogen and oxygen atoms in total. The number of aryl methyl sites for hydroxylation is 1. The standard InChI is InChI=1S/C9H16N4/c1-12-4-3-7-6-13(2)11-9(7)8(12)5-10/h6,8H,3-5,10H2,1-2H3. The van der Waals surface area contributed by atoms with Crippen LogP contribution >= 0.6 is 0 Å². The van der Waals surface area contributed by atoms with E-state index in [2.05, 4.69) is 23.2 Å². The number of hydrogen-bond donors (Lipinski definition) is 1. The van der Waals surface area contributed by atoms with Crippen LogP contribution in [-0.4, -0.2) is 34.8 Å². The predicted molar refractivity (Wildman–Crippen MR) is 51.3 cm³/mol. The number of nitrogens with two attached hydrogens (primary N) is 1. The van der Waals surface area contributed by atoms with E-state index in [1.807, 2.05) is 11.7 Å². The van der Waals surface area contributed by atoms with Crippen molar-refractivity contribution in [3.05, 3.63) is 17.5 Å². The van der Waals surface area contributed by atoms with Crippen LogP contribution in [0.1, 0.15) is 17.3 Å². The van der Waals surface area contributed by atoms with Gasteiger partial charge in [0.25, 0.3) is 0 Å². The summed E-state index contributed by atoms with van der Waals surface area (Å²) in [5.41, 5.74) is 8.25. The Bertz CT molecular complexity index is 305. The molecular weight excluding hydrogens is 164 g/mol. The van der Waals surface area contributed by atoms with Gasteiger partial charge in [-0.05, 0) is 19.0 Å². The fourth-order valence-electron chi connectivity index (χ4n) is 1.98. The highest BCUT2D eigenvalue weighted by atomic mass is 15.3. The maximum atomic E-state index is 5.73. The number of hydrogen-bond acceptors (Lipinski definition) is 3. The molecule has 0 fully saturated rings. The molecule has 0 aliphatic carbocycles. The molecular formula is C9H16N4. The van der Waals surface area contributed by atoms with Gasteiger partial charge in [-0.1, -0.05) is 0 Å². The first kappa shape index (κ1) is 8.72. The zero-order valence-corrected chi connectivity index (χ0v) is 8.20. The number of nitrogens with zero attached hydrogens (tertiary/aromatic N) is 3. The lowest BCUT2D eigenvalue weighted by atomic mass is 10.0. The van der Waals surface area contributed by atoms with Gasteiger partial charge in [0.15, 0.2) is 0 Å². The van der Waals surface area contributed by atoms with Crippen molar-refractivity contribution in [3.8, 4) is 0 Å². The van der Waals surface area contributed by atoms with Gasteiger partial charge in [0.1, 0.15) is 0 Å². The van der Waals surface area contributed by atoms with Gasteiger partial charge in [0.05, 0.1) is 11.7 Å². The Labute approximate surface area is 78.3 Å². The minimum atomic E-state index is 0.310. The lowest BCUT2D eigenvalue weighted by Gasteiger charge is -2.30. The summed E-state index contributed by atoms with van der Waals surface area (Å²) in [7, 11) is 4.07. The van der Waals surface area contributed by atoms with Gasteiger partial charge >= 0.3 is 0 Å². The van der Waals surface area contributed by atoms with Crippen LogP contribution in [-0.2, 0) is 13.5 Å². The third kappa shape index (κ3) is 1.36. The zero-order valence-electron chi connectivity index (χ0n) is 8.20. The van der Waals surface area contributed by atoms with Gasteiger partial charge in [-0.15, -0.1) is 0 Å². The molecule has 72 valence electrons. The number of aromatic nitrogens is 2. The molecule has 1 aromatic heterocycles. The smallest absolute Gasteiger partial charge is 0.0841 e. The summed E-state index contributed by atoms with van der Waals surface area (Å²) in [4.78, 5) is 2.27. The van der Waals surface area contributed by atoms with E-state index in [0.29, 0.717) is 12.6 Å². The first-order valence-electron chi connectivity index (χ1n) is 4.65. The van der Waals surface area contributed by atoms with Crippen LogP contribution in [0.5, 0.6) is 0 Å². The average Bonchev–Trinajstić information content (AvgIpc) is 2.45. The molecule has 0 saturated carbocycles. The van der Waals surface area contributed by atoms with E-state index in [0.717, 1.165) is 13.0 Å². The van der Waals surface area contributed by atoms with Crippen molar-refractivity contribution in [1.29, 1.82) is 0 Å². The molecule has 13 heavy (non-hydrogen) atoms. The Morgan fingerprint density at radius 3 is 3.08 bits per heavy atom. The maximum absolute atomic E-state index is 5.73. The van der Waals surface area contributed by atoms with Crippen molar-refractivity contribution in [2.75, 3.05) is 20.1 Å². The van der Waals surface area contributed by atoms with Crippen molar-refractivity contribution in [3.63, 3.8) is 0 Å². The zero-order chi connectivity index (χ0) is 9.42. The minimum absolute atomic E-state index is 0.310. The van der Waals surface area contributed by atoms with Gasteiger partial charge in [0.2, 0.25) is 0 Å². The van der Waals surface area contributed by atoms with Crippen molar-refractivity contribution in [2.45, 2.75) is 12.5 Å². The Kier molecular flexibility index (Phi) is 2.09. The van der Waals surface area contributed by atoms with E-state index in [-0.39, 0.29) is 0 Å². The summed E-state index contributed by atoms with van der Waals surface area (Å²) < 4.78 is 1.88. The van der Waals surface area contributed by atoms with Crippen LogP contribution in [0.3, 0.4) is 0 Å². The molecule has 2 N–H and O–H groups in total. The van der Waals surface area contributed by atoms with Crippen molar-refractivity contribution < 1.29 is 0 Å². The second-order valence-electron chi connectivity index (χ2n) is 3.70. The topological polar surface area (TPSA) is 47.1 Å². The first-order valence-corrected chi connectivity index (χ1v) is 4.65. The van der Waals surface area contributed by atoms with E-state index >= 15 is 0 Å². The van der Waals surface area contributed by atoms with Crippen LogP contribution in [0.25, 0.3) is 0 Å². The summed E-state index contributed by atoms with van der Waals surface area (Å²) in [5.74, 6) is 0. The lowest BCUT2D eigenvalue weighted by molar-refractivity contribution is 0.231. The molecule has 0 aromatic carbocycles. The largest absolute Gasteiger partial charge is 0.329 e. The number of rotatable bonds is 1. The minimum Gasteiger partial charge on any atom is -0.329 e. The monoisotopic (exact) mass is 180 g/mol. The Morgan fingerprint density at radius 2 is 2.38 bits per heavy atom. The predicted octanol–water partition coefficient (Wildman–Crippen LogP) is -0.0922. The Morgan fingerprint density at radius 1 is 1.62 bits per heavy atom. The third-order valence-electron chi connectivity index (χ3n) is 2.74. The van der Waals surface area contributed by atoms with Gasteiger partial charge in [-0.3, -0.25) is 9.58 Å². The summed E-state index contributed by atoms with van der Waals surface area (Å²) in [6.45, 7) is 1.74. The molecule has 1 aliphatic heterocycles. The maximum Gasteiger partial charge on any atom is 0.0841 e. The molecule has 0 radical (unpaired) electrons.